The minimum atomic E-state index is -0.670. The van der Waals surface area contributed by atoms with E-state index in [2.05, 4.69) is 6.92 Å². The maximum Gasteiger partial charge on any atom is 0.254 e. The highest BCUT2D eigenvalue weighted by Gasteiger charge is 2.51. The number of carbonyl (C=O) groups is 1. The van der Waals surface area contributed by atoms with E-state index in [0.29, 0.717) is 44.2 Å². The predicted molar refractivity (Wildman–Crippen MR) is 124 cm³/mol. The van der Waals surface area contributed by atoms with Crippen molar-refractivity contribution in [1.82, 2.24) is 4.90 Å². The fraction of sp³-hybridized carbons (Fsp3) is 0.731. The summed E-state index contributed by atoms with van der Waals surface area (Å²) in [5.74, 6) is 1.29. The lowest BCUT2D eigenvalue weighted by atomic mass is 9.72. The monoisotopic (exact) mass is 461 g/mol. The van der Waals surface area contributed by atoms with E-state index in [-0.39, 0.29) is 18.4 Å². The van der Waals surface area contributed by atoms with Gasteiger partial charge in [-0.15, -0.1) is 0 Å². The first-order valence-corrected chi connectivity index (χ1v) is 12.3. The number of methoxy groups -OCH3 is 1. The molecule has 1 aromatic rings. The van der Waals surface area contributed by atoms with Gasteiger partial charge in [0, 0.05) is 24.4 Å². The summed E-state index contributed by atoms with van der Waals surface area (Å²) in [6, 6.07) is 5.97. The van der Waals surface area contributed by atoms with Crippen LogP contribution in [0.3, 0.4) is 0 Å². The van der Waals surface area contributed by atoms with Crippen molar-refractivity contribution in [2.75, 3.05) is 33.4 Å². The number of nitrogens with zero attached hydrogens (tertiary/aromatic N) is 1. The number of ether oxygens (including phenoxy) is 4. The highest BCUT2D eigenvalue weighted by atomic mass is 16.7. The zero-order valence-corrected chi connectivity index (χ0v) is 20.6. The van der Waals surface area contributed by atoms with Gasteiger partial charge in [-0.05, 0) is 56.2 Å². The number of benzene rings is 1. The highest BCUT2D eigenvalue weighted by Crippen LogP contribution is 2.47. The number of hydrogen-bond donors (Lipinski definition) is 1. The van der Waals surface area contributed by atoms with Crippen LogP contribution in [0.2, 0.25) is 0 Å². The zero-order valence-electron chi connectivity index (χ0n) is 20.6. The molecular formula is C26H39NO6. The van der Waals surface area contributed by atoms with Crippen molar-refractivity contribution < 1.29 is 28.8 Å². The summed E-state index contributed by atoms with van der Waals surface area (Å²) >= 11 is 0. The number of rotatable bonds is 9. The van der Waals surface area contributed by atoms with E-state index in [1.165, 1.54) is 12.8 Å². The molecule has 3 fully saturated rings. The zero-order chi connectivity index (χ0) is 23.8. The van der Waals surface area contributed by atoms with Crippen molar-refractivity contribution in [1.29, 1.82) is 0 Å². The lowest BCUT2D eigenvalue weighted by Gasteiger charge is -2.34. The van der Waals surface area contributed by atoms with E-state index >= 15 is 0 Å². The average molecular weight is 462 g/mol. The molecule has 4 rings (SSSR count). The second-order valence-corrected chi connectivity index (χ2v) is 10.2. The minimum absolute atomic E-state index is 0.0416. The van der Waals surface area contributed by atoms with Crippen LogP contribution in [-0.4, -0.2) is 67.3 Å². The average Bonchev–Trinajstić information content (AvgIpc) is 3.43. The summed E-state index contributed by atoms with van der Waals surface area (Å²) in [5, 5.41) is 10.8. The van der Waals surface area contributed by atoms with Gasteiger partial charge in [0.2, 0.25) is 0 Å². The quantitative estimate of drug-likeness (QED) is 0.604. The summed E-state index contributed by atoms with van der Waals surface area (Å²) in [7, 11) is 1.64. The lowest BCUT2D eigenvalue weighted by Crippen LogP contribution is -2.42. The largest absolute Gasteiger partial charge is 0.493 e. The molecular weight excluding hydrogens is 422 g/mol. The van der Waals surface area contributed by atoms with Gasteiger partial charge in [-0.3, -0.25) is 4.79 Å². The Morgan fingerprint density at radius 1 is 1.27 bits per heavy atom. The fourth-order valence-electron chi connectivity index (χ4n) is 5.11. The molecule has 2 aliphatic heterocycles. The number of amides is 1. The summed E-state index contributed by atoms with van der Waals surface area (Å²) < 4.78 is 23.6. The number of aliphatic hydroxyl groups excluding tert-OH is 1. The lowest BCUT2D eigenvalue weighted by molar-refractivity contribution is -0.179. The van der Waals surface area contributed by atoms with Gasteiger partial charge in [0.1, 0.15) is 0 Å². The minimum Gasteiger partial charge on any atom is -0.493 e. The summed E-state index contributed by atoms with van der Waals surface area (Å²) in [4.78, 5) is 15.2. The van der Waals surface area contributed by atoms with Crippen LogP contribution in [0, 0.1) is 11.3 Å². The smallest absolute Gasteiger partial charge is 0.254 e. The van der Waals surface area contributed by atoms with Gasteiger partial charge >= 0.3 is 0 Å². The summed E-state index contributed by atoms with van der Waals surface area (Å²) in [6.45, 7) is 9.83. The molecule has 1 amide bonds. The van der Waals surface area contributed by atoms with E-state index in [1.807, 2.05) is 43.9 Å². The molecule has 1 aliphatic carbocycles. The molecule has 33 heavy (non-hydrogen) atoms. The maximum atomic E-state index is 13.4. The van der Waals surface area contributed by atoms with Crippen LogP contribution in [0.25, 0.3) is 0 Å². The van der Waals surface area contributed by atoms with Gasteiger partial charge in [0.25, 0.3) is 5.91 Å². The Hall–Kier alpha value is -1.83. The van der Waals surface area contributed by atoms with E-state index in [1.54, 1.807) is 7.11 Å². The Morgan fingerprint density at radius 3 is 2.58 bits per heavy atom. The molecule has 1 aromatic carbocycles. The first-order valence-electron chi connectivity index (χ1n) is 12.3. The number of carbonyl (C=O) groups excluding carboxylic acids is 1. The normalized spacial score (nSPS) is 29.8. The SMILES string of the molecule is CCC1(CC)OC[C@@H](C(=O)N2C[C@@H](c3ccc(OC)c(OCC4CC4)c3)[C@](C)([C@@H](C)O)C2)O1. The Bertz CT molecular complexity index is 849. The Balaban J connectivity index is 1.55. The molecule has 4 atom stereocenters. The third-order valence-corrected chi connectivity index (χ3v) is 7.97. The molecule has 0 aromatic heterocycles. The van der Waals surface area contributed by atoms with Gasteiger partial charge in [-0.2, -0.15) is 0 Å². The predicted octanol–water partition coefficient (Wildman–Crippen LogP) is 3.73. The van der Waals surface area contributed by atoms with E-state index in [0.717, 1.165) is 11.3 Å². The van der Waals surface area contributed by atoms with Crippen LogP contribution in [0.5, 0.6) is 11.5 Å². The number of hydrogen-bond acceptors (Lipinski definition) is 6. The van der Waals surface area contributed by atoms with E-state index in [9.17, 15) is 9.90 Å². The molecule has 7 nitrogen and oxygen atoms in total. The first-order chi connectivity index (χ1) is 15.7. The van der Waals surface area contributed by atoms with Crippen LogP contribution in [0.4, 0.5) is 0 Å². The van der Waals surface area contributed by atoms with Crippen molar-refractivity contribution in [3.05, 3.63) is 23.8 Å². The van der Waals surface area contributed by atoms with Crippen LogP contribution < -0.4 is 9.47 Å². The second kappa shape index (κ2) is 9.43. The second-order valence-electron chi connectivity index (χ2n) is 10.2. The maximum absolute atomic E-state index is 13.4. The van der Waals surface area contributed by atoms with E-state index in [4.69, 9.17) is 18.9 Å². The molecule has 184 valence electrons. The summed E-state index contributed by atoms with van der Waals surface area (Å²) in [6.07, 6.45) is 2.64. The van der Waals surface area contributed by atoms with Crippen LogP contribution in [-0.2, 0) is 14.3 Å². The molecule has 0 spiro atoms. The van der Waals surface area contributed by atoms with Crippen molar-refractivity contribution in [3.8, 4) is 11.5 Å². The standard InChI is InChI=1S/C26H39NO6/c1-6-26(7-2)32-15-23(33-26)24(29)27-13-20(25(4,16-27)17(3)28)19-10-11-21(30-5)22(12-19)31-14-18-8-9-18/h10-12,17-18,20,23,28H,6-9,13-16H2,1-5H3/t17-,20+,23+,25+/m1/s1. The third kappa shape index (κ3) is 4.73. The summed E-state index contributed by atoms with van der Waals surface area (Å²) in [5.41, 5.74) is 0.546. The van der Waals surface area contributed by atoms with E-state index < -0.39 is 23.4 Å². The Kier molecular flexibility index (Phi) is 6.95. The van der Waals surface area contributed by atoms with Gasteiger partial charge in [-0.25, -0.2) is 0 Å². The Labute approximate surface area is 197 Å². The van der Waals surface area contributed by atoms with Crippen LogP contribution in [0.15, 0.2) is 18.2 Å². The molecule has 7 heteroatoms. The molecule has 1 saturated carbocycles. The first kappa shape index (κ1) is 24.3. The van der Waals surface area contributed by atoms with Crippen LogP contribution in [0.1, 0.15) is 64.9 Å². The van der Waals surface area contributed by atoms with Crippen molar-refractivity contribution >= 4 is 5.91 Å². The molecule has 1 N–H and O–H groups in total. The van der Waals surface area contributed by atoms with Crippen molar-refractivity contribution in [3.63, 3.8) is 0 Å². The molecule has 2 saturated heterocycles. The molecule has 2 heterocycles. The van der Waals surface area contributed by atoms with Crippen molar-refractivity contribution in [2.24, 2.45) is 11.3 Å². The van der Waals surface area contributed by atoms with Gasteiger partial charge in [0.05, 0.1) is 26.4 Å². The Morgan fingerprint density at radius 2 is 2.00 bits per heavy atom. The molecule has 0 bridgehead atoms. The van der Waals surface area contributed by atoms with Gasteiger partial charge < -0.3 is 29.0 Å². The molecule has 3 aliphatic rings. The van der Waals surface area contributed by atoms with Crippen molar-refractivity contribution in [2.45, 2.75) is 77.3 Å². The van der Waals surface area contributed by atoms with Gasteiger partial charge in [0.15, 0.2) is 23.4 Å². The third-order valence-electron chi connectivity index (χ3n) is 7.97. The van der Waals surface area contributed by atoms with Gasteiger partial charge in [-0.1, -0.05) is 26.8 Å². The fourth-order valence-corrected chi connectivity index (χ4v) is 5.11. The van der Waals surface area contributed by atoms with Crippen LogP contribution >= 0.6 is 0 Å². The molecule has 0 unspecified atom stereocenters. The number of aliphatic hydroxyl groups is 1. The molecule has 0 radical (unpaired) electrons. The highest BCUT2D eigenvalue weighted by molar-refractivity contribution is 5.82. The number of likely N-dealkylation sites (tertiary alicyclic amines) is 1. The topological polar surface area (TPSA) is 77.5 Å².